The monoisotopic (exact) mass is 278 g/mol. The van der Waals surface area contributed by atoms with Crippen molar-refractivity contribution in [2.24, 2.45) is 0 Å². The summed E-state index contributed by atoms with van der Waals surface area (Å²) in [6, 6.07) is 0. The van der Waals surface area contributed by atoms with Gasteiger partial charge in [-0.2, -0.15) is 0 Å². The van der Waals surface area contributed by atoms with Gasteiger partial charge in [0.25, 0.3) is 0 Å². The van der Waals surface area contributed by atoms with Gasteiger partial charge in [-0.05, 0) is 32.1 Å². The smallest absolute Gasteiger partial charge is 0.302 e. The lowest BCUT2D eigenvalue weighted by Crippen LogP contribution is -2.16. The highest BCUT2D eigenvalue weighted by atomic mass is 79.9. The Hall–Kier alpha value is -0.0500. The first-order valence-electron chi connectivity index (χ1n) is 5.93. The van der Waals surface area contributed by atoms with Crippen LogP contribution in [0.25, 0.3) is 0 Å². The Bertz CT molecular complexity index is 150. The molecule has 0 saturated carbocycles. The Labute approximate surface area is 102 Å². The Morgan fingerprint density at radius 2 is 1.80 bits per heavy atom. The van der Waals surface area contributed by atoms with Gasteiger partial charge < -0.3 is 4.74 Å². The lowest BCUT2D eigenvalue weighted by atomic mass is 10.1. The molecule has 0 amide bonds. The van der Waals surface area contributed by atoms with E-state index in [9.17, 15) is 4.79 Å². The van der Waals surface area contributed by atoms with Crippen LogP contribution >= 0.6 is 15.9 Å². The molecule has 0 N–H and O–H groups in total. The number of ether oxygens (including phenoxy) is 1. The number of hydrogen-bond donors (Lipinski definition) is 0. The van der Waals surface area contributed by atoms with E-state index in [0.717, 1.165) is 31.0 Å². The summed E-state index contributed by atoms with van der Waals surface area (Å²) in [5, 5.41) is 1.04. The van der Waals surface area contributed by atoms with Gasteiger partial charge in [0.05, 0.1) is 0 Å². The summed E-state index contributed by atoms with van der Waals surface area (Å²) in [7, 11) is 0. The van der Waals surface area contributed by atoms with Crippen LogP contribution in [0.1, 0.15) is 58.8 Å². The summed E-state index contributed by atoms with van der Waals surface area (Å²) >= 11 is 3.41. The predicted octanol–water partition coefficient (Wildman–Crippen LogP) is 4.06. The third-order valence-electron chi connectivity index (χ3n) is 2.37. The Morgan fingerprint density at radius 3 is 2.27 bits per heavy atom. The minimum Gasteiger partial charge on any atom is -0.463 e. The van der Waals surface area contributed by atoms with Crippen molar-refractivity contribution < 1.29 is 9.53 Å². The van der Waals surface area contributed by atoms with Crippen LogP contribution in [0.4, 0.5) is 0 Å². The first-order valence-corrected chi connectivity index (χ1v) is 7.06. The first kappa shape index (κ1) is 14.9. The topological polar surface area (TPSA) is 26.3 Å². The van der Waals surface area contributed by atoms with Gasteiger partial charge in [-0.3, -0.25) is 4.79 Å². The maximum atomic E-state index is 10.9. The summed E-state index contributed by atoms with van der Waals surface area (Å²) in [6.07, 6.45) is 8.09. The van der Waals surface area contributed by atoms with Crippen molar-refractivity contribution >= 4 is 21.9 Å². The van der Waals surface area contributed by atoms with Crippen molar-refractivity contribution in [2.75, 3.05) is 5.33 Å². The fourth-order valence-corrected chi connectivity index (χ4v) is 1.98. The first-order chi connectivity index (χ1) is 7.20. The molecule has 0 spiro atoms. The summed E-state index contributed by atoms with van der Waals surface area (Å²) in [4.78, 5) is 10.9. The van der Waals surface area contributed by atoms with Crippen LogP contribution < -0.4 is 0 Å². The molecule has 0 radical (unpaired) electrons. The van der Waals surface area contributed by atoms with Crippen LogP contribution in [0.5, 0.6) is 0 Å². The molecule has 0 aliphatic heterocycles. The van der Waals surface area contributed by atoms with Gasteiger partial charge in [0.2, 0.25) is 0 Å². The highest BCUT2D eigenvalue weighted by molar-refractivity contribution is 9.09. The predicted molar refractivity (Wildman–Crippen MR) is 67.3 cm³/mol. The van der Waals surface area contributed by atoms with Crippen molar-refractivity contribution in [1.29, 1.82) is 0 Å². The van der Waals surface area contributed by atoms with Crippen LogP contribution in [-0.4, -0.2) is 17.4 Å². The highest BCUT2D eigenvalue weighted by Crippen LogP contribution is 2.14. The Balaban J connectivity index is 3.68. The number of halogens is 1. The van der Waals surface area contributed by atoms with E-state index in [-0.39, 0.29) is 12.1 Å². The van der Waals surface area contributed by atoms with E-state index in [2.05, 4.69) is 22.9 Å². The van der Waals surface area contributed by atoms with Gasteiger partial charge in [-0.25, -0.2) is 0 Å². The molecular weight excluding hydrogens is 256 g/mol. The van der Waals surface area contributed by atoms with Gasteiger partial charge in [0.15, 0.2) is 0 Å². The molecule has 2 nitrogen and oxygen atoms in total. The second-order valence-corrected chi connectivity index (χ2v) is 4.70. The molecule has 0 aromatic heterocycles. The zero-order chi connectivity index (χ0) is 11.5. The maximum Gasteiger partial charge on any atom is 0.302 e. The Kier molecular flexibility index (Phi) is 10.4. The van der Waals surface area contributed by atoms with Gasteiger partial charge in [-0.15, -0.1) is 0 Å². The van der Waals surface area contributed by atoms with Crippen LogP contribution in [0.15, 0.2) is 0 Å². The number of rotatable bonds is 9. The average molecular weight is 279 g/mol. The van der Waals surface area contributed by atoms with Crippen molar-refractivity contribution in [2.45, 2.75) is 64.9 Å². The molecule has 0 aliphatic rings. The molecule has 0 rings (SSSR count). The molecule has 0 aliphatic carbocycles. The van der Waals surface area contributed by atoms with Crippen LogP contribution in [0, 0.1) is 0 Å². The number of hydrogen-bond acceptors (Lipinski definition) is 2. The number of carbonyl (C=O) groups is 1. The zero-order valence-electron chi connectivity index (χ0n) is 9.93. The lowest BCUT2D eigenvalue weighted by Gasteiger charge is -2.16. The van der Waals surface area contributed by atoms with Crippen molar-refractivity contribution in [3.63, 3.8) is 0 Å². The summed E-state index contributed by atoms with van der Waals surface area (Å²) in [6.45, 7) is 3.68. The van der Waals surface area contributed by atoms with E-state index in [1.807, 2.05) is 0 Å². The van der Waals surface area contributed by atoms with Gasteiger partial charge in [-0.1, -0.05) is 35.7 Å². The number of carbonyl (C=O) groups excluding carboxylic acids is 1. The minimum absolute atomic E-state index is 0.143. The normalized spacial score (nSPS) is 12.5. The molecule has 90 valence electrons. The highest BCUT2D eigenvalue weighted by Gasteiger charge is 2.10. The van der Waals surface area contributed by atoms with Crippen molar-refractivity contribution in [3.8, 4) is 0 Å². The molecule has 15 heavy (non-hydrogen) atoms. The van der Waals surface area contributed by atoms with E-state index in [4.69, 9.17) is 4.74 Å². The minimum atomic E-state index is -0.143. The third-order valence-corrected chi connectivity index (χ3v) is 2.93. The molecule has 0 fully saturated rings. The fourth-order valence-electron chi connectivity index (χ4n) is 1.59. The number of alkyl halides is 1. The van der Waals surface area contributed by atoms with E-state index in [1.165, 1.54) is 26.2 Å². The molecule has 0 saturated heterocycles. The van der Waals surface area contributed by atoms with Gasteiger partial charge >= 0.3 is 5.97 Å². The molecule has 0 aromatic carbocycles. The molecule has 0 aromatic rings. The molecule has 3 heteroatoms. The molecule has 1 atom stereocenters. The van der Waals surface area contributed by atoms with Gasteiger partial charge in [0.1, 0.15) is 6.10 Å². The van der Waals surface area contributed by atoms with Crippen molar-refractivity contribution in [3.05, 3.63) is 0 Å². The van der Waals surface area contributed by atoms with E-state index < -0.39 is 0 Å². The fraction of sp³-hybridized carbons (Fsp3) is 0.917. The lowest BCUT2D eigenvalue weighted by molar-refractivity contribution is -0.147. The van der Waals surface area contributed by atoms with E-state index in [0.29, 0.717) is 0 Å². The quantitative estimate of drug-likeness (QED) is 0.361. The summed E-state index contributed by atoms with van der Waals surface area (Å²) < 4.78 is 5.29. The summed E-state index contributed by atoms with van der Waals surface area (Å²) in [5.41, 5.74) is 0. The zero-order valence-corrected chi connectivity index (χ0v) is 11.5. The Morgan fingerprint density at radius 1 is 1.20 bits per heavy atom. The second kappa shape index (κ2) is 10.5. The average Bonchev–Trinajstić information content (AvgIpc) is 2.17. The van der Waals surface area contributed by atoms with E-state index in [1.54, 1.807) is 0 Å². The maximum absolute atomic E-state index is 10.9. The number of unbranched alkanes of at least 4 members (excludes halogenated alkanes) is 3. The third kappa shape index (κ3) is 10.2. The molecule has 0 heterocycles. The van der Waals surface area contributed by atoms with Gasteiger partial charge in [0, 0.05) is 12.3 Å². The van der Waals surface area contributed by atoms with Crippen LogP contribution in [0.2, 0.25) is 0 Å². The molecule has 1 unspecified atom stereocenters. The van der Waals surface area contributed by atoms with Crippen LogP contribution in [-0.2, 0) is 9.53 Å². The summed E-state index contributed by atoms with van der Waals surface area (Å²) in [5.74, 6) is -0.143. The van der Waals surface area contributed by atoms with E-state index >= 15 is 0 Å². The largest absolute Gasteiger partial charge is 0.463 e. The second-order valence-electron chi connectivity index (χ2n) is 3.91. The van der Waals surface area contributed by atoms with Crippen molar-refractivity contribution in [1.82, 2.24) is 0 Å². The molecule has 0 bridgehead atoms. The molecular formula is C12H23BrO2. The number of esters is 1. The SMILES string of the molecule is CCCCCC(CCCCBr)OC(C)=O. The standard InChI is InChI=1S/C12H23BrO2/c1-3-4-5-8-12(15-11(2)14)9-6-7-10-13/h12H,3-10H2,1-2H3. The van der Waals surface area contributed by atoms with Crippen LogP contribution in [0.3, 0.4) is 0 Å².